The van der Waals surface area contributed by atoms with Gasteiger partial charge >= 0.3 is 0 Å². The van der Waals surface area contributed by atoms with Gasteiger partial charge < -0.3 is 10.6 Å². The van der Waals surface area contributed by atoms with Crippen LogP contribution in [0.15, 0.2) is 0 Å². The van der Waals surface area contributed by atoms with Gasteiger partial charge in [0.05, 0.1) is 13.1 Å². The third-order valence-electron chi connectivity index (χ3n) is 2.28. The number of amides is 2. The zero-order chi connectivity index (χ0) is 12.9. The van der Waals surface area contributed by atoms with Crippen LogP contribution in [-0.4, -0.2) is 38.0 Å². The van der Waals surface area contributed by atoms with E-state index in [1.54, 1.807) is 0 Å². The Hall–Kier alpha value is -1.10. The molecule has 0 atom stereocenters. The Kier molecular flexibility index (Phi) is 10.7. The van der Waals surface area contributed by atoms with Crippen molar-refractivity contribution in [1.29, 1.82) is 0 Å². The minimum atomic E-state index is -0.0557. The van der Waals surface area contributed by atoms with Crippen LogP contribution in [0.4, 0.5) is 0 Å². The first-order valence-electron chi connectivity index (χ1n) is 6.44. The summed E-state index contributed by atoms with van der Waals surface area (Å²) in [4.78, 5) is 22.5. The Labute approximate surface area is 104 Å². The first kappa shape index (κ1) is 15.9. The molecule has 0 aromatic heterocycles. The normalized spacial score (nSPS) is 10.0. The zero-order valence-corrected chi connectivity index (χ0v) is 11.0. The van der Waals surface area contributed by atoms with Crippen molar-refractivity contribution >= 4 is 11.8 Å². The first-order chi connectivity index (χ1) is 8.20. The van der Waals surface area contributed by atoms with Crippen molar-refractivity contribution in [3.8, 4) is 0 Å². The highest BCUT2D eigenvalue weighted by molar-refractivity contribution is 5.81. The molecule has 0 bridgehead atoms. The van der Waals surface area contributed by atoms with Gasteiger partial charge in [-0.25, -0.2) is 0 Å². The van der Waals surface area contributed by atoms with Crippen LogP contribution in [0.5, 0.6) is 0 Å². The maximum atomic E-state index is 11.3. The van der Waals surface area contributed by atoms with Crippen molar-refractivity contribution in [3.63, 3.8) is 0 Å². The van der Waals surface area contributed by atoms with Crippen LogP contribution in [-0.2, 0) is 9.59 Å². The van der Waals surface area contributed by atoms with E-state index in [4.69, 9.17) is 0 Å². The second-order valence-corrected chi connectivity index (χ2v) is 4.01. The SMILES string of the molecule is CCCCNC(=O)CNCC(=O)NCCCC. The van der Waals surface area contributed by atoms with Crippen molar-refractivity contribution in [2.45, 2.75) is 39.5 Å². The Morgan fingerprint density at radius 1 is 0.824 bits per heavy atom. The summed E-state index contributed by atoms with van der Waals surface area (Å²) in [5.41, 5.74) is 0. The number of hydrogen-bond acceptors (Lipinski definition) is 3. The Balaban J connectivity index is 3.36. The number of nitrogens with one attached hydrogen (secondary N) is 3. The lowest BCUT2D eigenvalue weighted by molar-refractivity contribution is -0.121. The van der Waals surface area contributed by atoms with Gasteiger partial charge in [0.15, 0.2) is 0 Å². The highest BCUT2D eigenvalue weighted by Gasteiger charge is 2.02. The van der Waals surface area contributed by atoms with Crippen LogP contribution in [0.1, 0.15) is 39.5 Å². The molecule has 0 aliphatic rings. The lowest BCUT2D eigenvalue weighted by atomic mass is 10.3. The molecule has 100 valence electrons. The molecule has 0 fully saturated rings. The molecule has 0 aliphatic carbocycles. The summed E-state index contributed by atoms with van der Waals surface area (Å²) in [5, 5.41) is 8.37. The van der Waals surface area contributed by atoms with E-state index in [0.29, 0.717) is 13.1 Å². The summed E-state index contributed by atoms with van der Waals surface area (Å²) in [6.07, 6.45) is 4.10. The second kappa shape index (κ2) is 11.4. The van der Waals surface area contributed by atoms with E-state index in [9.17, 15) is 9.59 Å². The fourth-order valence-corrected chi connectivity index (χ4v) is 1.22. The summed E-state index contributed by atoms with van der Waals surface area (Å²) < 4.78 is 0. The molecule has 0 rings (SSSR count). The van der Waals surface area contributed by atoms with Gasteiger partial charge in [-0.2, -0.15) is 0 Å². The Morgan fingerprint density at radius 3 is 1.59 bits per heavy atom. The van der Waals surface area contributed by atoms with E-state index in [1.807, 2.05) is 0 Å². The van der Waals surface area contributed by atoms with Crippen LogP contribution < -0.4 is 16.0 Å². The molecule has 0 aromatic carbocycles. The molecule has 5 nitrogen and oxygen atoms in total. The van der Waals surface area contributed by atoms with Crippen LogP contribution in [0.2, 0.25) is 0 Å². The molecule has 17 heavy (non-hydrogen) atoms. The summed E-state index contributed by atoms with van der Waals surface area (Å²) in [7, 11) is 0. The Bertz CT molecular complexity index is 198. The van der Waals surface area contributed by atoms with Crippen molar-refractivity contribution in [2.24, 2.45) is 0 Å². The molecule has 5 heteroatoms. The summed E-state index contributed by atoms with van der Waals surface area (Å²) in [6.45, 7) is 5.96. The van der Waals surface area contributed by atoms with Gasteiger partial charge in [-0.05, 0) is 12.8 Å². The minimum Gasteiger partial charge on any atom is -0.355 e. The quantitative estimate of drug-likeness (QED) is 0.487. The molecule has 3 N–H and O–H groups in total. The fraction of sp³-hybridized carbons (Fsp3) is 0.833. The smallest absolute Gasteiger partial charge is 0.233 e. The van der Waals surface area contributed by atoms with E-state index < -0.39 is 0 Å². The van der Waals surface area contributed by atoms with Crippen LogP contribution in [0.3, 0.4) is 0 Å². The van der Waals surface area contributed by atoms with E-state index in [-0.39, 0.29) is 24.9 Å². The third-order valence-corrected chi connectivity index (χ3v) is 2.28. The fourth-order valence-electron chi connectivity index (χ4n) is 1.22. The highest BCUT2D eigenvalue weighted by atomic mass is 16.2. The van der Waals surface area contributed by atoms with E-state index >= 15 is 0 Å². The van der Waals surface area contributed by atoms with Crippen LogP contribution in [0.25, 0.3) is 0 Å². The predicted molar refractivity (Wildman–Crippen MR) is 68.7 cm³/mol. The Morgan fingerprint density at radius 2 is 1.24 bits per heavy atom. The van der Waals surface area contributed by atoms with Gasteiger partial charge in [0.2, 0.25) is 11.8 Å². The highest BCUT2D eigenvalue weighted by Crippen LogP contribution is 1.82. The first-order valence-corrected chi connectivity index (χ1v) is 6.44. The van der Waals surface area contributed by atoms with Crippen molar-refractivity contribution in [1.82, 2.24) is 16.0 Å². The molecular formula is C12H25N3O2. The average Bonchev–Trinajstić information content (AvgIpc) is 2.30. The van der Waals surface area contributed by atoms with Crippen LogP contribution in [0, 0.1) is 0 Å². The standard InChI is InChI=1S/C12H25N3O2/c1-3-5-7-14-11(16)9-13-10-12(17)15-8-6-4-2/h13H,3-10H2,1-2H3,(H,14,16)(H,15,17). The van der Waals surface area contributed by atoms with E-state index in [1.165, 1.54) is 0 Å². The molecule has 0 aromatic rings. The van der Waals surface area contributed by atoms with Gasteiger partial charge in [0.25, 0.3) is 0 Å². The number of carbonyl (C=O) groups is 2. The summed E-state index contributed by atoms with van der Waals surface area (Å²) >= 11 is 0. The predicted octanol–water partition coefficient (Wildman–Crippen LogP) is 0.409. The van der Waals surface area contributed by atoms with Gasteiger partial charge in [-0.15, -0.1) is 0 Å². The number of hydrogen-bond donors (Lipinski definition) is 3. The van der Waals surface area contributed by atoms with E-state index in [0.717, 1.165) is 25.7 Å². The lowest BCUT2D eigenvalue weighted by Gasteiger charge is -2.06. The van der Waals surface area contributed by atoms with Gasteiger partial charge in [-0.1, -0.05) is 26.7 Å². The number of carbonyl (C=O) groups excluding carboxylic acids is 2. The van der Waals surface area contributed by atoms with Crippen molar-refractivity contribution < 1.29 is 9.59 Å². The molecule has 2 amide bonds. The molecule has 0 saturated heterocycles. The molecule has 0 radical (unpaired) electrons. The largest absolute Gasteiger partial charge is 0.355 e. The second-order valence-electron chi connectivity index (χ2n) is 4.01. The number of rotatable bonds is 10. The average molecular weight is 243 g/mol. The maximum absolute atomic E-state index is 11.3. The lowest BCUT2D eigenvalue weighted by Crippen LogP contribution is -2.40. The third kappa shape index (κ3) is 11.2. The molecule has 0 saturated carbocycles. The maximum Gasteiger partial charge on any atom is 0.233 e. The molecule has 0 unspecified atom stereocenters. The topological polar surface area (TPSA) is 70.2 Å². The van der Waals surface area contributed by atoms with Gasteiger partial charge in [0.1, 0.15) is 0 Å². The molecule has 0 aliphatic heterocycles. The van der Waals surface area contributed by atoms with E-state index in [2.05, 4.69) is 29.8 Å². The summed E-state index contributed by atoms with van der Waals surface area (Å²) in [6, 6.07) is 0. The molecule has 0 spiro atoms. The zero-order valence-electron chi connectivity index (χ0n) is 11.0. The number of unbranched alkanes of at least 4 members (excludes halogenated alkanes) is 2. The minimum absolute atomic E-state index is 0.0557. The van der Waals surface area contributed by atoms with Gasteiger partial charge in [-0.3, -0.25) is 14.9 Å². The van der Waals surface area contributed by atoms with Gasteiger partial charge in [0, 0.05) is 13.1 Å². The summed E-state index contributed by atoms with van der Waals surface area (Å²) in [5.74, 6) is -0.111. The molecule has 0 heterocycles. The van der Waals surface area contributed by atoms with Crippen LogP contribution >= 0.6 is 0 Å². The monoisotopic (exact) mass is 243 g/mol. The van der Waals surface area contributed by atoms with Crippen molar-refractivity contribution in [3.05, 3.63) is 0 Å². The molecular weight excluding hydrogens is 218 g/mol. The van der Waals surface area contributed by atoms with Crippen molar-refractivity contribution in [2.75, 3.05) is 26.2 Å².